The Morgan fingerprint density at radius 2 is 1.85 bits per heavy atom. The van der Waals surface area contributed by atoms with Gasteiger partial charge in [0.15, 0.2) is 11.6 Å². The third-order valence-electron chi connectivity index (χ3n) is 2.67. The number of hydrogen-bond donors (Lipinski definition) is 2. The van der Waals surface area contributed by atoms with Crippen molar-refractivity contribution in [2.24, 2.45) is 0 Å². The van der Waals surface area contributed by atoms with Gasteiger partial charge in [0.1, 0.15) is 12.7 Å². The molecule has 0 fully saturated rings. The molecular weight excluding hydrogens is 372 g/mol. The normalized spacial score (nSPS) is 11.9. The summed E-state index contributed by atoms with van der Waals surface area (Å²) in [5.74, 6) is -0.272. The molecule has 0 aliphatic heterocycles. The van der Waals surface area contributed by atoms with Gasteiger partial charge in [-0.15, -0.1) is 0 Å². The SMILES string of the molecule is OC(CNc1ccccc1I)COc1ccccc1F. The first-order valence-corrected chi connectivity index (χ1v) is 7.28. The molecule has 0 saturated carbocycles. The number of benzene rings is 2. The molecule has 0 spiro atoms. The minimum absolute atomic E-state index is 0.0390. The van der Waals surface area contributed by atoms with Crippen LogP contribution < -0.4 is 10.1 Å². The Morgan fingerprint density at radius 1 is 1.15 bits per heavy atom. The first-order valence-electron chi connectivity index (χ1n) is 6.20. The molecule has 2 rings (SSSR count). The molecule has 0 radical (unpaired) electrons. The average Bonchev–Trinajstić information content (AvgIpc) is 2.45. The molecule has 0 aromatic heterocycles. The van der Waals surface area contributed by atoms with E-state index in [0.29, 0.717) is 6.54 Å². The topological polar surface area (TPSA) is 41.5 Å². The molecule has 1 unspecified atom stereocenters. The van der Waals surface area contributed by atoms with Crippen molar-refractivity contribution >= 4 is 28.3 Å². The maximum atomic E-state index is 13.3. The van der Waals surface area contributed by atoms with Crippen LogP contribution in [-0.2, 0) is 0 Å². The van der Waals surface area contributed by atoms with Gasteiger partial charge in [0.25, 0.3) is 0 Å². The van der Waals surface area contributed by atoms with E-state index < -0.39 is 11.9 Å². The van der Waals surface area contributed by atoms with Crippen molar-refractivity contribution in [3.8, 4) is 5.75 Å². The van der Waals surface area contributed by atoms with E-state index in [1.807, 2.05) is 24.3 Å². The van der Waals surface area contributed by atoms with Crippen molar-refractivity contribution < 1.29 is 14.2 Å². The van der Waals surface area contributed by atoms with Crippen LogP contribution in [-0.4, -0.2) is 24.4 Å². The Labute approximate surface area is 130 Å². The van der Waals surface area contributed by atoms with Gasteiger partial charge in [-0.05, 0) is 46.9 Å². The molecule has 2 aromatic carbocycles. The maximum Gasteiger partial charge on any atom is 0.165 e. The van der Waals surface area contributed by atoms with Crippen molar-refractivity contribution in [1.29, 1.82) is 0 Å². The van der Waals surface area contributed by atoms with Gasteiger partial charge in [-0.25, -0.2) is 4.39 Å². The molecule has 106 valence electrons. The highest BCUT2D eigenvalue weighted by atomic mass is 127. The van der Waals surface area contributed by atoms with Gasteiger partial charge >= 0.3 is 0 Å². The number of anilines is 1. The molecule has 0 amide bonds. The molecule has 5 heteroatoms. The predicted octanol–water partition coefficient (Wildman–Crippen LogP) is 3.28. The van der Waals surface area contributed by atoms with Crippen molar-refractivity contribution in [2.75, 3.05) is 18.5 Å². The van der Waals surface area contributed by atoms with Crippen LogP contribution in [0, 0.1) is 9.39 Å². The summed E-state index contributed by atoms with van der Waals surface area (Å²) < 4.78 is 19.6. The summed E-state index contributed by atoms with van der Waals surface area (Å²) in [7, 11) is 0. The van der Waals surface area contributed by atoms with Crippen LogP contribution in [0.3, 0.4) is 0 Å². The monoisotopic (exact) mass is 387 g/mol. The third kappa shape index (κ3) is 4.35. The second-order valence-corrected chi connectivity index (χ2v) is 5.42. The van der Waals surface area contributed by atoms with Crippen LogP contribution in [0.4, 0.5) is 10.1 Å². The lowest BCUT2D eigenvalue weighted by atomic mass is 10.3. The van der Waals surface area contributed by atoms with E-state index in [4.69, 9.17) is 4.74 Å². The van der Waals surface area contributed by atoms with Gasteiger partial charge in [-0.3, -0.25) is 0 Å². The van der Waals surface area contributed by atoms with Crippen LogP contribution in [0.25, 0.3) is 0 Å². The summed E-state index contributed by atoms with van der Waals surface area (Å²) in [6.07, 6.45) is -0.717. The second kappa shape index (κ2) is 7.44. The van der Waals surface area contributed by atoms with Crippen LogP contribution in [0.2, 0.25) is 0 Å². The van der Waals surface area contributed by atoms with E-state index in [-0.39, 0.29) is 12.4 Å². The van der Waals surface area contributed by atoms with E-state index in [1.54, 1.807) is 12.1 Å². The number of aliphatic hydroxyl groups is 1. The Hall–Kier alpha value is -1.34. The molecule has 0 aliphatic rings. The van der Waals surface area contributed by atoms with Gasteiger partial charge in [0.2, 0.25) is 0 Å². The van der Waals surface area contributed by atoms with Gasteiger partial charge in [-0.2, -0.15) is 0 Å². The number of hydrogen-bond acceptors (Lipinski definition) is 3. The minimum atomic E-state index is -0.717. The van der Waals surface area contributed by atoms with E-state index in [1.165, 1.54) is 12.1 Å². The highest BCUT2D eigenvalue weighted by Crippen LogP contribution is 2.17. The summed E-state index contributed by atoms with van der Waals surface area (Å²) in [5.41, 5.74) is 0.957. The van der Waals surface area contributed by atoms with Crippen molar-refractivity contribution in [3.63, 3.8) is 0 Å². The highest BCUT2D eigenvalue weighted by Gasteiger charge is 2.08. The lowest BCUT2D eigenvalue weighted by Gasteiger charge is -2.15. The summed E-state index contributed by atoms with van der Waals surface area (Å²) >= 11 is 2.22. The fraction of sp³-hybridized carbons (Fsp3) is 0.200. The zero-order valence-electron chi connectivity index (χ0n) is 10.7. The van der Waals surface area contributed by atoms with Gasteiger partial charge < -0.3 is 15.2 Å². The van der Waals surface area contributed by atoms with E-state index in [9.17, 15) is 9.50 Å². The zero-order chi connectivity index (χ0) is 14.4. The number of aliphatic hydroxyl groups excluding tert-OH is 1. The Balaban J connectivity index is 1.80. The molecule has 20 heavy (non-hydrogen) atoms. The Bertz CT molecular complexity index is 516. The Kier molecular flexibility index (Phi) is 5.60. The number of halogens is 2. The predicted molar refractivity (Wildman–Crippen MR) is 85.6 cm³/mol. The lowest BCUT2D eigenvalue weighted by Crippen LogP contribution is -2.26. The van der Waals surface area contributed by atoms with Crippen LogP contribution in [0.5, 0.6) is 5.75 Å². The number of para-hydroxylation sites is 2. The molecular formula is C15H15FINO2. The summed E-state index contributed by atoms with van der Waals surface area (Å²) in [6.45, 7) is 0.381. The van der Waals surface area contributed by atoms with Crippen molar-refractivity contribution in [1.82, 2.24) is 0 Å². The number of rotatable bonds is 6. The largest absolute Gasteiger partial charge is 0.488 e. The molecule has 0 saturated heterocycles. The molecule has 3 nitrogen and oxygen atoms in total. The Morgan fingerprint density at radius 3 is 2.60 bits per heavy atom. The first-order chi connectivity index (χ1) is 9.66. The first kappa shape index (κ1) is 15.1. The fourth-order valence-electron chi connectivity index (χ4n) is 1.64. The quantitative estimate of drug-likeness (QED) is 0.748. The summed E-state index contributed by atoms with van der Waals surface area (Å²) in [6, 6.07) is 13.9. The molecule has 0 aliphatic carbocycles. The second-order valence-electron chi connectivity index (χ2n) is 4.26. The van der Waals surface area contributed by atoms with E-state index in [2.05, 4.69) is 27.9 Å². The molecule has 1 atom stereocenters. The molecule has 0 bridgehead atoms. The number of nitrogens with one attached hydrogen (secondary N) is 1. The fourth-order valence-corrected chi connectivity index (χ4v) is 2.22. The van der Waals surface area contributed by atoms with Crippen molar-refractivity contribution in [2.45, 2.75) is 6.10 Å². The number of ether oxygens (including phenoxy) is 1. The summed E-state index contributed by atoms with van der Waals surface area (Å²) in [5, 5.41) is 13.0. The maximum absolute atomic E-state index is 13.3. The standard InChI is InChI=1S/C15H15FINO2/c16-12-5-1-4-8-15(12)20-10-11(19)9-18-14-7-3-2-6-13(14)17/h1-8,11,18-19H,9-10H2. The molecule has 0 heterocycles. The summed E-state index contributed by atoms with van der Waals surface area (Å²) in [4.78, 5) is 0. The molecule has 2 aromatic rings. The average molecular weight is 387 g/mol. The minimum Gasteiger partial charge on any atom is -0.488 e. The van der Waals surface area contributed by atoms with E-state index >= 15 is 0 Å². The van der Waals surface area contributed by atoms with E-state index in [0.717, 1.165) is 9.26 Å². The van der Waals surface area contributed by atoms with Gasteiger partial charge in [0.05, 0.1) is 0 Å². The lowest BCUT2D eigenvalue weighted by molar-refractivity contribution is 0.115. The zero-order valence-corrected chi connectivity index (χ0v) is 12.9. The van der Waals surface area contributed by atoms with Crippen molar-refractivity contribution in [3.05, 3.63) is 57.9 Å². The van der Waals surface area contributed by atoms with Crippen LogP contribution >= 0.6 is 22.6 Å². The third-order valence-corrected chi connectivity index (χ3v) is 3.61. The smallest absolute Gasteiger partial charge is 0.165 e. The van der Waals surface area contributed by atoms with Gasteiger partial charge in [-0.1, -0.05) is 24.3 Å². The highest BCUT2D eigenvalue weighted by molar-refractivity contribution is 14.1. The van der Waals surface area contributed by atoms with Gasteiger partial charge in [0, 0.05) is 15.8 Å². The van der Waals surface area contributed by atoms with Crippen LogP contribution in [0.15, 0.2) is 48.5 Å². The van der Waals surface area contributed by atoms with Crippen LogP contribution in [0.1, 0.15) is 0 Å². The molecule has 2 N–H and O–H groups in total.